The average molecular weight is 502 g/mol. The first-order valence-corrected chi connectivity index (χ1v) is 12.0. The number of amides is 1. The van der Waals surface area contributed by atoms with Crippen LogP contribution in [0.4, 0.5) is 10.1 Å². The number of carbonyl (C=O) groups excluding carboxylic acids is 2. The van der Waals surface area contributed by atoms with E-state index in [0.717, 1.165) is 31.8 Å². The molecule has 2 rings (SSSR count). The van der Waals surface area contributed by atoms with Crippen LogP contribution >= 0.6 is 0 Å². The van der Waals surface area contributed by atoms with Crippen molar-refractivity contribution in [3.8, 4) is 0 Å². The van der Waals surface area contributed by atoms with Crippen LogP contribution in [0.2, 0.25) is 0 Å². The summed E-state index contributed by atoms with van der Waals surface area (Å²) in [6, 6.07) is 4.83. The molecule has 9 nitrogen and oxygen atoms in total. The van der Waals surface area contributed by atoms with Crippen LogP contribution in [0.15, 0.2) is 46.9 Å². The first-order chi connectivity index (χ1) is 17.3. The zero-order chi connectivity index (χ0) is 26.5. The number of allylic oxidation sites excluding steroid dienone is 2. The molecule has 0 spiro atoms. The maximum absolute atomic E-state index is 14.1. The van der Waals surface area contributed by atoms with Gasteiger partial charge in [-0.15, -0.1) is 0 Å². The summed E-state index contributed by atoms with van der Waals surface area (Å²) in [5, 5.41) is 17.9. The summed E-state index contributed by atoms with van der Waals surface area (Å²) in [7, 11) is 5.40. The Labute approximate surface area is 211 Å². The van der Waals surface area contributed by atoms with Crippen LogP contribution in [0.5, 0.6) is 0 Å². The van der Waals surface area contributed by atoms with E-state index in [1.807, 2.05) is 7.05 Å². The van der Waals surface area contributed by atoms with Crippen LogP contribution in [0, 0.1) is 0 Å². The molecule has 0 saturated heterocycles. The second kappa shape index (κ2) is 14.9. The van der Waals surface area contributed by atoms with E-state index in [-0.39, 0.29) is 17.8 Å². The standard InChI is InChI=1S/C26H36FN5O4/c1-28-15-21(29-2)14-20(27)11-12-30-24(17-33)25(34)31-23-10-9-18(26(35)36)13-19(23)16-32(3)22-7-5-4-6-8-22/h9-11,13-14,17,22,28-29H,4-8,12,15-16H2,1-3H3,(H,31,34)(H,35,36)/b20-11+,21-14+,30-24?. The predicted molar refractivity (Wildman–Crippen MR) is 139 cm³/mol. The van der Waals surface area contributed by atoms with E-state index in [2.05, 4.69) is 25.8 Å². The highest BCUT2D eigenvalue weighted by molar-refractivity contribution is 6.62. The van der Waals surface area contributed by atoms with Gasteiger partial charge in [-0.25, -0.2) is 9.18 Å². The monoisotopic (exact) mass is 501 g/mol. The van der Waals surface area contributed by atoms with Crippen molar-refractivity contribution < 1.29 is 23.9 Å². The van der Waals surface area contributed by atoms with Crippen molar-refractivity contribution >= 4 is 29.6 Å². The Morgan fingerprint density at radius 3 is 2.56 bits per heavy atom. The Morgan fingerprint density at radius 1 is 1.22 bits per heavy atom. The third kappa shape index (κ3) is 9.01. The van der Waals surface area contributed by atoms with Crippen molar-refractivity contribution in [2.75, 3.05) is 39.5 Å². The number of benzene rings is 1. The molecule has 36 heavy (non-hydrogen) atoms. The number of anilines is 1. The molecule has 0 radical (unpaired) electrons. The van der Waals surface area contributed by atoms with Crippen molar-refractivity contribution in [3.63, 3.8) is 0 Å². The second-order valence-corrected chi connectivity index (χ2v) is 8.72. The number of hydrogen-bond donors (Lipinski definition) is 4. The summed E-state index contributed by atoms with van der Waals surface area (Å²) in [6.45, 7) is 0.688. The van der Waals surface area contributed by atoms with Crippen LogP contribution in [-0.4, -0.2) is 74.2 Å². The maximum atomic E-state index is 14.1. The van der Waals surface area contributed by atoms with Gasteiger partial charge in [-0.05, 0) is 62.9 Å². The van der Waals surface area contributed by atoms with Crippen molar-refractivity contribution in [2.45, 2.75) is 44.7 Å². The number of aliphatic imine (C=N–C) groups is 1. The number of aromatic carboxylic acids is 1. The van der Waals surface area contributed by atoms with E-state index in [0.29, 0.717) is 42.4 Å². The minimum atomic E-state index is -1.07. The average Bonchev–Trinajstić information content (AvgIpc) is 2.87. The van der Waals surface area contributed by atoms with E-state index in [4.69, 9.17) is 0 Å². The zero-order valence-electron chi connectivity index (χ0n) is 21.1. The van der Waals surface area contributed by atoms with E-state index >= 15 is 0 Å². The van der Waals surface area contributed by atoms with Crippen LogP contribution in [0.1, 0.15) is 48.0 Å². The minimum absolute atomic E-state index is 0.109. The summed E-state index contributed by atoms with van der Waals surface area (Å²) in [5.74, 6) is -2.37. The number of nitrogens with one attached hydrogen (secondary N) is 3. The molecule has 1 aliphatic rings. The van der Waals surface area contributed by atoms with Crippen molar-refractivity contribution in [1.29, 1.82) is 0 Å². The quantitative estimate of drug-likeness (QED) is 0.142. The molecule has 1 aliphatic carbocycles. The smallest absolute Gasteiger partial charge is 0.335 e. The zero-order valence-corrected chi connectivity index (χ0v) is 21.1. The number of hydrogen-bond acceptors (Lipinski definition) is 7. The molecule has 196 valence electrons. The molecule has 0 aliphatic heterocycles. The second-order valence-electron chi connectivity index (χ2n) is 8.72. The topological polar surface area (TPSA) is 123 Å². The first-order valence-electron chi connectivity index (χ1n) is 12.0. The molecular formula is C26H36FN5O4. The molecule has 0 heterocycles. The Morgan fingerprint density at radius 2 is 1.94 bits per heavy atom. The molecule has 1 aromatic carbocycles. The number of halogens is 1. The minimum Gasteiger partial charge on any atom is -0.478 e. The lowest BCUT2D eigenvalue weighted by Gasteiger charge is -2.31. The van der Waals surface area contributed by atoms with Crippen molar-refractivity contribution in [3.05, 3.63) is 53.0 Å². The summed E-state index contributed by atoms with van der Waals surface area (Å²) in [4.78, 5) is 41.8. The Kier molecular flexibility index (Phi) is 11.9. The lowest BCUT2D eigenvalue weighted by Crippen LogP contribution is -2.33. The van der Waals surface area contributed by atoms with Gasteiger partial charge in [0.05, 0.1) is 12.1 Å². The number of likely N-dealkylation sites (N-methyl/N-ethyl adjacent to an activating group) is 2. The number of carbonyl (C=O) groups is 3. The largest absolute Gasteiger partial charge is 0.478 e. The van der Waals surface area contributed by atoms with Crippen molar-refractivity contribution in [1.82, 2.24) is 15.5 Å². The number of carboxylic acids is 1. The van der Waals surface area contributed by atoms with Gasteiger partial charge in [0.1, 0.15) is 5.83 Å². The van der Waals surface area contributed by atoms with Crippen LogP contribution in [0.25, 0.3) is 0 Å². The first kappa shape index (κ1) is 28.9. The van der Waals surface area contributed by atoms with Gasteiger partial charge in [0, 0.05) is 37.6 Å². The van der Waals surface area contributed by atoms with Crippen LogP contribution in [-0.2, 0) is 16.1 Å². The lowest BCUT2D eigenvalue weighted by atomic mass is 9.94. The van der Waals surface area contributed by atoms with E-state index in [9.17, 15) is 23.9 Å². The van der Waals surface area contributed by atoms with E-state index in [1.165, 1.54) is 30.7 Å². The molecule has 1 aromatic rings. The number of aldehydes is 1. The van der Waals surface area contributed by atoms with E-state index in [1.54, 1.807) is 14.1 Å². The fourth-order valence-electron chi connectivity index (χ4n) is 4.11. The normalized spacial score (nSPS) is 15.6. The van der Waals surface area contributed by atoms with Gasteiger partial charge < -0.3 is 21.1 Å². The highest BCUT2D eigenvalue weighted by Crippen LogP contribution is 2.26. The summed E-state index contributed by atoms with van der Waals surface area (Å²) in [5.41, 5.74) is 1.37. The molecule has 1 fully saturated rings. The number of nitrogens with zero attached hydrogens (tertiary/aromatic N) is 2. The Hall–Kier alpha value is -3.37. The van der Waals surface area contributed by atoms with Crippen LogP contribution < -0.4 is 16.0 Å². The Bertz CT molecular complexity index is 1020. The lowest BCUT2D eigenvalue weighted by molar-refractivity contribution is -0.111. The predicted octanol–water partition coefficient (Wildman–Crippen LogP) is 2.90. The van der Waals surface area contributed by atoms with Gasteiger partial charge in [-0.2, -0.15) is 0 Å². The van der Waals surface area contributed by atoms with E-state index < -0.39 is 17.7 Å². The molecular weight excluding hydrogens is 465 g/mol. The number of rotatable bonds is 13. The fourth-order valence-corrected chi connectivity index (χ4v) is 4.11. The fraction of sp³-hybridized carbons (Fsp3) is 0.462. The third-order valence-corrected chi connectivity index (χ3v) is 6.11. The summed E-state index contributed by atoms with van der Waals surface area (Å²) >= 11 is 0. The molecule has 1 saturated carbocycles. The summed E-state index contributed by atoms with van der Waals surface area (Å²) < 4.78 is 14.1. The molecule has 0 atom stereocenters. The highest BCUT2D eigenvalue weighted by atomic mass is 19.1. The molecule has 4 N–H and O–H groups in total. The molecule has 0 aromatic heterocycles. The van der Waals surface area contributed by atoms with Crippen LogP contribution in [0.3, 0.4) is 0 Å². The highest BCUT2D eigenvalue weighted by Gasteiger charge is 2.21. The maximum Gasteiger partial charge on any atom is 0.335 e. The SMILES string of the molecule is CNC/C(=C\C(F)=C/CN=C(C=O)C(=O)Nc1ccc(C(=O)O)cc1CN(C)C1CCCCC1)NC. The molecule has 10 heteroatoms. The molecule has 1 amide bonds. The van der Waals surface area contributed by atoms with Gasteiger partial charge >= 0.3 is 5.97 Å². The van der Waals surface area contributed by atoms with Gasteiger partial charge in [0.2, 0.25) is 0 Å². The number of carboxylic acid groups (broad SMARTS) is 1. The van der Waals surface area contributed by atoms with Gasteiger partial charge in [-0.3, -0.25) is 19.5 Å². The van der Waals surface area contributed by atoms with Crippen molar-refractivity contribution in [2.24, 2.45) is 4.99 Å². The molecule has 0 bridgehead atoms. The summed E-state index contributed by atoms with van der Waals surface area (Å²) in [6.07, 6.45) is 8.45. The van der Waals surface area contributed by atoms with Gasteiger partial charge in [0.15, 0.2) is 12.0 Å². The molecule has 0 unspecified atom stereocenters. The third-order valence-electron chi connectivity index (χ3n) is 6.11. The van der Waals surface area contributed by atoms with Gasteiger partial charge in [0.25, 0.3) is 5.91 Å². The van der Waals surface area contributed by atoms with Gasteiger partial charge in [-0.1, -0.05) is 19.3 Å². The Balaban J connectivity index is 2.17.